The van der Waals surface area contributed by atoms with E-state index in [-0.39, 0.29) is 25.7 Å². The summed E-state index contributed by atoms with van der Waals surface area (Å²) in [6.07, 6.45) is 83.1. The number of ether oxygens (including phenoxy) is 4. The molecule has 0 radical (unpaired) electrons. The van der Waals surface area contributed by atoms with Crippen LogP contribution in [0.1, 0.15) is 310 Å². The van der Waals surface area contributed by atoms with Crippen molar-refractivity contribution < 1.29 is 80.2 Å². The lowest BCUT2D eigenvalue weighted by atomic mass is 10.0. The molecule has 0 aliphatic rings. The van der Waals surface area contributed by atoms with Gasteiger partial charge in [0.25, 0.3) is 0 Å². The third kappa shape index (κ3) is 73.5. The number of aliphatic hydroxyl groups excluding tert-OH is 1. The first-order valence-electron chi connectivity index (χ1n) is 39.4. The third-order valence-corrected chi connectivity index (χ3v) is 18.1. The Hall–Kier alpha value is -4.80. The molecule has 0 aromatic carbocycles. The van der Waals surface area contributed by atoms with Crippen molar-refractivity contribution in [2.45, 2.75) is 329 Å². The molecule has 0 fully saturated rings. The number of phosphoric acid groups is 2. The number of hydrogen-bond acceptors (Lipinski definition) is 15. The van der Waals surface area contributed by atoms with Gasteiger partial charge in [0.1, 0.15) is 19.3 Å². The Bertz CT molecular complexity index is 2460. The van der Waals surface area contributed by atoms with Gasteiger partial charge >= 0.3 is 39.5 Å². The van der Waals surface area contributed by atoms with Gasteiger partial charge in [-0.25, -0.2) is 9.13 Å². The highest BCUT2D eigenvalue weighted by Gasteiger charge is 2.30. The van der Waals surface area contributed by atoms with Crippen LogP contribution >= 0.6 is 15.6 Å². The SMILES string of the molecule is CC/C=C\C/C=C\C/C=C\C/C=C\C/C=C\C/C=C\CCC(=O)OCC(COP(=O)(O)OCC(O)COP(=O)(O)OCC(COC(=O)CCCCC/C=C\C/C=C\C/C=C\C/C=C\C/C=C\CC)OC(=O)CCCCCCCCCCCCC)OC(=O)CCCCCCCCCCCCCCC. The fraction of sp³-hybridized carbons (Fsp3) is 0.687. The van der Waals surface area contributed by atoms with E-state index in [4.69, 9.17) is 37.0 Å². The average Bonchev–Trinajstić information content (AvgIpc) is 0.907. The first-order valence-corrected chi connectivity index (χ1v) is 42.4. The smallest absolute Gasteiger partial charge is 0.462 e. The van der Waals surface area contributed by atoms with Crippen LogP contribution in [0.5, 0.6) is 0 Å². The number of allylic oxidation sites excluding steroid dienone is 22. The van der Waals surface area contributed by atoms with Gasteiger partial charge in [-0.2, -0.15) is 0 Å². The molecule has 102 heavy (non-hydrogen) atoms. The molecule has 5 atom stereocenters. The molecule has 0 bridgehead atoms. The van der Waals surface area contributed by atoms with Crippen LogP contribution in [0, 0.1) is 0 Å². The summed E-state index contributed by atoms with van der Waals surface area (Å²) in [6, 6.07) is 0. The molecule has 0 aliphatic carbocycles. The second-order valence-electron chi connectivity index (χ2n) is 25.9. The third-order valence-electron chi connectivity index (χ3n) is 16.2. The summed E-state index contributed by atoms with van der Waals surface area (Å²) in [5.41, 5.74) is 0. The molecule has 0 amide bonds. The number of carbonyl (C=O) groups is 4. The summed E-state index contributed by atoms with van der Waals surface area (Å²) in [7, 11) is -9.98. The van der Waals surface area contributed by atoms with E-state index in [0.29, 0.717) is 32.1 Å². The molecule has 19 heteroatoms. The van der Waals surface area contributed by atoms with Crippen molar-refractivity contribution in [1.82, 2.24) is 0 Å². The number of aliphatic hydroxyl groups is 1. The Morgan fingerprint density at radius 3 is 0.843 bits per heavy atom. The Kier molecular flexibility index (Phi) is 71.0. The lowest BCUT2D eigenvalue weighted by molar-refractivity contribution is -0.161. The Morgan fingerprint density at radius 2 is 0.529 bits per heavy atom. The summed E-state index contributed by atoms with van der Waals surface area (Å²) >= 11 is 0. The van der Waals surface area contributed by atoms with Crippen LogP contribution in [0.2, 0.25) is 0 Å². The van der Waals surface area contributed by atoms with Crippen molar-refractivity contribution in [3.63, 3.8) is 0 Å². The molecule has 584 valence electrons. The molecule has 17 nitrogen and oxygen atoms in total. The van der Waals surface area contributed by atoms with Gasteiger partial charge in [-0.3, -0.25) is 37.3 Å². The molecule has 0 saturated carbocycles. The predicted molar refractivity (Wildman–Crippen MR) is 418 cm³/mol. The minimum absolute atomic E-state index is 0.0354. The van der Waals surface area contributed by atoms with Gasteiger partial charge in [0.2, 0.25) is 0 Å². The van der Waals surface area contributed by atoms with Gasteiger partial charge in [-0.1, -0.05) is 309 Å². The topological polar surface area (TPSA) is 237 Å². The van der Waals surface area contributed by atoms with Crippen LogP contribution in [0.3, 0.4) is 0 Å². The van der Waals surface area contributed by atoms with Crippen molar-refractivity contribution in [1.29, 1.82) is 0 Å². The first kappa shape index (κ1) is 97.2. The van der Waals surface area contributed by atoms with Gasteiger partial charge in [-0.15, -0.1) is 0 Å². The van der Waals surface area contributed by atoms with E-state index in [9.17, 15) is 43.2 Å². The normalized spacial score (nSPS) is 14.6. The lowest BCUT2D eigenvalue weighted by Crippen LogP contribution is -2.30. The van der Waals surface area contributed by atoms with Crippen LogP contribution in [0.25, 0.3) is 0 Å². The average molecular weight is 1470 g/mol. The van der Waals surface area contributed by atoms with Crippen LogP contribution < -0.4 is 0 Å². The van der Waals surface area contributed by atoms with E-state index >= 15 is 0 Å². The maximum Gasteiger partial charge on any atom is 0.472 e. The highest BCUT2D eigenvalue weighted by molar-refractivity contribution is 7.47. The predicted octanol–water partition coefficient (Wildman–Crippen LogP) is 22.9. The number of phosphoric ester groups is 2. The molecular formula is C83H140O17P2. The molecular weight excluding hydrogens is 1330 g/mol. The van der Waals surface area contributed by atoms with E-state index in [2.05, 4.69) is 143 Å². The van der Waals surface area contributed by atoms with Crippen molar-refractivity contribution >= 4 is 39.5 Å². The van der Waals surface area contributed by atoms with Crippen LogP contribution in [-0.2, 0) is 65.4 Å². The van der Waals surface area contributed by atoms with E-state index in [1.54, 1.807) is 0 Å². The zero-order valence-corrected chi connectivity index (χ0v) is 65.5. The maximum absolute atomic E-state index is 13.1. The van der Waals surface area contributed by atoms with Crippen molar-refractivity contribution in [2.24, 2.45) is 0 Å². The van der Waals surface area contributed by atoms with Crippen LogP contribution in [0.4, 0.5) is 0 Å². The summed E-state index contributed by atoms with van der Waals surface area (Å²) in [5.74, 6) is -2.30. The number of carbonyl (C=O) groups excluding carboxylic acids is 4. The highest BCUT2D eigenvalue weighted by Crippen LogP contribution is 2.45. The van der Waals surface area contributed by atoms with Gasteiger partial charge in [0.05, 0.1) is 26.4 Å². The molecule has 0 aromatic rings. The second kappa shape index (κ2) is 74.5. The van der Waals surface area contributed by atoms with E-state index < -0.39 is 97.5 Å². The van der Waals surface area contributed by atoms with Crippen molar-refractivity contribution in [2.75, 3.05) is 39.6 Å². The quantitative estimate of drug-likeness (QED) is 0.0169. The number of unbranched alkanes of at least 4 members (excludes halogenated alkanes) is 25. The Balaban J connectivity index is 5.39. The zero-order valence-electron chi connectivity index (χ0n) is 63.7. The molecule has 0 saturated heterocycles. The lowest BCUT2D eigenvalue weighted by Gasteiger charge is -2.21. The standard InChI is InChI=1S/C83H140O17P2/c1-5-9-13-17-21-25-29-32-34-36-38-40-42-45-48-51-55-59-63-67-80(85)93-73-78(99-82(87)69-65-61-57-53-47-28-24-20-16-12-8-4)75-97-101(89,90)95-71-77(84)72-96-102(91,92)98-76-79(100-83(88)70-66-62-58-54-50-44-31-27-23-19-15-11-7-3)74-94-81(86)68-64-60-56-52-49-46-43-41-39-37-35-33-30-26-22-18-14-10-6-2/h9-10,13-14,21-22,25-26,32-35,38-41,45-46,48-49,56,60,77-79,84H,5-8,11-12,15-20,23-24,27-31,36-37,42-44,47,50-55,57-59,61-76H2,1-4H3,(H,89,90)(H,91,92)/b13-9-,14-10-,25-21-,26-22-,34-32-,35-33-,40-38-,41-39-,48-45-,49-46-,60-56-. The van der Waals surface area contributed by atoms with E-state index in [1.807, 2.05) is 18.2 Å². The Labute approximate surface area is 618 Å². The molecule has 0 aromatic heterocycles. The zero-order chi connectivity index (χ0) is 74.6. The summed E-state index contributed by atoms with van der Waals surface area (Å²) < 4.78 is 68.4. The van der Waals surface area contributed by atoms with E-state index in [1.165, 1.54) is 89.9 Å². The van der Waals surface area contributed by atoms with Crippen molar-refractivity contribution in [3.05, 3.63) is 134 Å². The van der Waals surface area contributed by atoms with E-state index in [0.717, 1.165) is 135 Å². The Morgan fingerprint density at radius 1 is 0.284 bits per heavy atom. The largest absolute Gasteiger partial charge is 0.472 e. The first-order chi connectivity index (χ1) is 49.7. The van der Waals surface area contributed by atoms with Gasteiger partial charge in [0.15, 0.2) is 12.2 Å². The number of rotatable bonds is 73. The monoisotopic (exact) mass is 1470 g/mol. The van der Waals surface area contributed by atoms with Gasteiger partial charge in [-0.05, 0) is 109 Å². The highest BCUT2D eigenvalue weighted by atomic mass is 31.2. The fourth-order valence-corrected chi connectivity index (χ4v) is 11.8. The summed E-state index contributed by atoms with van der Waals surface area (Å²) in [4.78, 5) is 72.9. The molecule has 0 aliphatic heterocycles. The van der Waals surface area contributed by atoms with Gasteiger partial charge in [0, 0.05) is 25.7 Å². The van der Waals surface area contributed by atoms with Gasteiger partial charge < -0.3 is 33.8 Å². The second-order valence-corrected chi connectivity index (χ2v) is 28.8. The summed E-state index contributed by atoms with van der Waals surface area (Å²) in [6.45, 7) is 4.53. The fourth-order valence-electron chi connectivity index (χ4n) is 10.2. The maximum atomic E-state index is 13.1. The molecule has 0 heterocycles. The number of hydrogen-bond donors (Lipinski definition) is 3. The molecule has 3 N–H and O–H groups in total. The molecule has 5 unspecified atom stereocenters. The van der Waals surface area contributed by atoms with Crippen LogP contribution in [-0.4, -0.2) is 96.7 Å². The van der Waals surface area contributed by atoms with Crippen LogP contribution in [0.15, 0.2) is 134 Å². The van der Waals surface area contributed by atoms with Crippen molar-refractivity contribution in [3.8, 4) is 0 Å². The minimum Gasteiger partial charge on any atom is -0.462 e. The number of esters is 4. The molecule has 0 rings (SSSR count). The molecule has 0 spiro atoms. The summed E-state index contributed by atoms with van der Waals surface area (Å²) in [5, 5.41) is 10.6. The minimum atomic E-state index is -4.99.